The van der Waals surface area contributed by atoms with E-state index in [1.165, 1.54) is 44.1 Å². The molecule has 1 nitrogen and oxygen atoms in total. The molecule has 106 valence electrons. The number of aliphatic hydroxyl groups is 1. The Labute approximate surface area is 118 Å². The third kappa shape index (κ3) is 4.07. The fraction of sp³-hybridized carbons (Fsp3) is 0.667. The molecule has 2 atom stereocenters. The summed E-state index contributed by atoms with van der Waals surface area (Å²) in [6.07, 6.45) is 10.5. The lowest BCUT2D eigenvalue weighted by molar-refractivity contribution is -0.0319. The summed E-state index contributed by atoms with van der Waals surface area (Å²) in [5.74, 6) is 0.517. The van der Waals surface area contributed by atoms with Crippen molar-refractivity contribution >= 4 is 0 Å². The Hall–Kier alpha value is -0.820. The highest BCUT2D eigenvalue weighted by atomic mass is 16.3. The van der Waals surface area contributed by atoms with E-state index in [9.17, 15) is 5.11 Å². The summed E-state index contributed by atoms with van der Waals surface area (Å²) in [5.41, 5.74) is 1.05. The van der Waals surface area contributed by atoms with Crippen molar-refractivity contribution in [2.24, 2.45) is 5.92 Å². The van der Waals surface area contributed by atoms with Crippen LogP contribution in [0, 0.1) is 5.92 Å². The maximum Gasteiger partial charge on any atom is 0.0673 e. The van der Waals surface area contributed by atoms with Crippen molar-refractivity contribution < 1.29 is 5.11 Å². The van der Waals surface area contributed by atoms with Gasteiger partial charge in [-0.3, -0.25) is 0 Å². The minimum Gasteiger partial charge on any atom is -0.390 e. The average molecular weight is 260 g/mol. The molecule has 1 heteroatoms. The lowest BCUT2D eigenvalue weighted by Crippen LogP contribution is -2.36. The summed E-state index contributed by atoms with van der Waals surface area (Å²) in [6, 6.07) is 10.7. The van der Waals surface area contributed by atoms with Crippen LogP contribution in [-0.4, -0.2) is 10.7 Å². The molecule has 0 saturated heterocycles. The van der Waals surface area contributed by atoms with Crippen molar-refractivity contribution in [3.63, 3.8) is 0 Å². The second-order valence-corrected chi connectivity index (χ2v) is 6.13. The van der Waals surface area contributed by atoms with Gasteiger partial charge in [0.05, 0.1) is 5.60 Å². The van der Waals surface area contributed by atoms with Gasteiger partial charge in [-0.25, -0.2) is 0 Å². The quantitative estimate of drug-likeness (QED) is 0.759. The Morgan fingerprint density at radius 3 is 2.68 bits per heavy atom. The topological polar surface area (TPSA) is 20.2 Å². The zero-order chi connectivity index (χ0) is 13.6. The molecule has 0 amide bonds. The second-order valence-electron chi connectivity index (χ2n) is 6.13. The van der Waals surface area contributed by atoms with Crippen LogP contribution in [-0.2, 0) is 6.42 Å². The third-order valence-corrected chi connectivity index (χ3v) is 4.90. The third-order valence-electron chi connectivity index (χ3n) is 4.90. The number of benzene rings is 1. The molecule has 19 heavy (non-hydrogen) atoms. The molecule has 1 saturated carbocycles. The molecule has 2 rings (SSSR count). The average Bonchev–Trinajstić information content (AvgIpc) is 2.63. The number of rotatable bonds is 5. The lowest BCUT2D eigenvalue weighted by atomic mass is 9.78. The summed E-state index contributed by atoms with van der Waals surface area (Å²) in [5, 5.41) is 10.8. The zero-order valence-corrected chi connectivity index (χ0v) is 12.3. The van der Waals surface area contributed by atoms with Crippen LogP contribution in [0.2, 0.25) is 0 Å². The Balaban J connectivity index is 1.86. The van der Waals surface area contributed by atoms with Gasteiger partial charge in [0.15, 0.2) is 0 Å². The number of hydrogen-bond acceptors (Lipinski definition) is 1. The standard InChI is InChI=1S/C18H28O/c1-2-18(19)15-8-4-7-13-17(18)14-9-12-16-10-5-3-6-11-16/h3,5-6,10-11,17,19H,2,4,7-9,12-15H2,1H3/t17-,18+/m1/s1. The molecule has 1 N–H and O–H groups in total. The van der Waals surface area contributed by atoms with Crippen molar-refractivity contribution in [1.82, 2.24) is 0 Å². The summed E-state index contributed by atoms with van der Waals surface area (Å²) in [6.45, 7) is 2.15. The van der Waals surface area contributed by atoms with Crippen LogP contribution >= 0.6 is 0 Å². The van der Waals surface area contributed by atoms with Gasteiger partial charge < -0.3 is 5.11 Å². The Bertz CT molecular complexity index is 359. The van der Waals surface area contributed by atoms with Crippen molar-refractivity contribution in [2.75, 3.05) is 0 Å². The van der Waals surface area contributed by atoms with Crippen LogP contribution in [0.3, 0.4) is 0 Å². The fourth-order valence-electron chi connectivity index (χ4n) is 3.55. The molecule has 0 radical (unpaired) electrons. The number of hydrogen-bond donors (Lipinski definition) is 1. The summed E-state index contributed by atoms with van der Waals surface area (Å²) in [4.78, 5) is 0. The first kappa shape index (κ1) is 14.6. The SMILES string of the molecule is CC[C@]1(O)CCCCC[C@@H]1CCCc1ccccc1. The van der Waals surface area contributed by atoms with E-state index in [4.69, 9.17) is 0 Å². The van der Waals surface area contributed by atoms with E-state index in [2.05, 4.69) is 37.3 Å². The predicted octanol–water partition coefficient (Wildman–Crippen LogP) is 4.73. The molecule has 1 fully saturated rings. The molecule has 1 aromatic rings. The monoisotopic (exact) mass is 260 g/mol. The largest absolute Gasteiger partial charge is 0.390 e. The van der Waals surface area contributed by atoms with Gasteiger partial charge in [-0.1, -0.05) is 56.5 Å². The van der Waals surface area contributed by atoms with E-state index in [1.807, 2.05) is 0 Å². The normalized spacial score (nSPS) is 28.0. The molecule has 0 unspecified atom stereocenters. The first-order valence-corrected chi connectivity index (χ1v) is 8.01. The van der Waals surface area contributed by atoms with Gasteiger partial charge in [-0.05, 0) is 50.0 Å². The van der Waals surface area contributed by atoms with Crippen LogP contribution in [0.25, 0.3) is 0 Å². The van der Waals surface area contributed by atoms with E-state index in [0.29, 0.717) is 5.92 Å². The van der Waals surface area contributed by atoms with E-state index in [-0.39, 0.29) is 5.60 Å². The fourth-order valence-corrected chi connectivity index (χ4v) is 3.55. The molecule has 0 bridgehead atoms. The van der Waals surface area contributed by atoms with Gasteiger partial charge in [0.25, 0.3) is 0 Å². The van der Waals surface area contributed by atoms with Gasteiger partial charge in [0.2, 0.25) is 0 Å². The van der Waals surface area contributed by atoms with Gasteiger partial charge >= 0.3 is 0 Å². The van der Waals surface area contributed by atoms with Gasteiger partial charge in [-0.15, -0.1) is 0 Å². The first-order valence-electron chi connectivity index (χ1n) is 8.01. The predicted molar refractivity (Wildman–Crippen MR) is 81.2 cm³/mol. The van der Waals surface area contributed by atoms with Crippen molar-refractivity contribution in [3.05, 3.63) is 35.9 Å². The molecular formula is C18H28O. The van der Waals surface area contributed by atoms with E-state index in [1.54, 1.807) is 0 Å². The molecule has 1 aliphatic rings. The molecule has 1 aliphatic carbocycles. The van der Waals surface area contributed by atoms with Crippen LogP contribution in [0.1, 0.15) is 63.9 Å². The first-order chi connectivity index (χ1) is 9.24. The zero-order valence-electron chi connectivity index (χ0n) is 12.3. The van der Waals surface area contributed by atoms with Crippen LogP contribution in [0.15, 0.2) is 30.3 Å². The minimum absolute atomic E-state index is 0.382. The van der Waals surface area contributed by atoms with Gasteiger partial charge in [-0.2, -0.15) is 0 Å². The number of aryl methyl sites for hydroxylation is 1. The second kappa shape index (κ2) is 7.09. The van der Waals surface area contributed by atoms with Crippen molar-refractivity contribution in [3.8, 4) is 0 Å². The van der Waals surface area contributed by atoms with Crippen molar-refractivity contribution in [2.45, 2.75) is 70.3 Å². The minimum atomic E-state index is -0.382. The summed E-state index contributed by atoms with van der Waals surface area (Å²) < 4.78 is 0. The summed E-state index contributed by atoms with van der Waals surface area (Å²) >= 11 is 0. The maximum absolute atomic E-state index is 10.8. The molecule has 0 heterocycles. The van der Waals surface area contributed by atoms with Crippen LogP contribution < -0.4 is 0 Å². The Morgan fingerprint density at radius 2 is 1.95 bits per heavy atom. The van der Waals surface area contributed by atoms with Gasteiger partial charge in [0.1, 0.15) is 0 Å². The lowest BCUT2D eigenvalue weighted by Gasteiger charge is -2.34. The van der Waals surface area contributed by atoms with E-state index < -0.39 is 0 Å². The van der Waals surface area contributed by atoms with E-state index in [0.717, 1.165) is 19.3 Å². The highest BCUT2D eigenvalue weighted by Crippen LogP contribution is 2.37. The summed E-state index contributed by atoms with van der Waals surface area (Å²) in [7, 11) is 0. The molecular weight excluding hydrogens is 232 g/mol. The van der Waals surface area contributed by atoms with Crippen molar-refractivity contribution in [1.29, 1.82) is 0 Å². The smallest absolute Gasteiger partial charge is 0.0673 e. The van der Waals surface area contributed by atoms with Gasteiger partial charge in [0, 0.05) is 0 Å². The van der Waals surface area contributed by atoms with Crippen LogP contribution in [0.5, 0.6) is 0 Å². The molecule has 0 aromatic heterocycles. The molecule has 0 aliphatic heterocycles. The maximum atomic E-state index is 10.8. The Morgan fingerprint density at radius 1 is 1.16 bits per heavy atom. The highest BCUT2D eigenvalue weighted by molar-refractivity contribution is 5.14. The molecule has 1 aromatic carbocycles. The highest BCUT2D eigenvalue weighted by Gasteiger charge is 2.35. The molecule has 0 spiro atoms. The Kier molecular flexibility index (Phi) is 5.45. The van der Waals surface area contributed by atoms with Crippen LogP contribution in [0.4, 0.5) is 0 Å². The van der Waals surface area contributed by atoms with E-state index >= 15 is 0 Å².